The molecule has 0 aliphatic rings. The molecule has 0 saturated carbocycles. The molecule has 0 aliphatic carbocycles. The number of hydrogen-bond donors (Lipinski definition) is 1. The lowest BCUT2D eigenvalue weighted by Gasteiger charge is -2.30. The Balaban J connectivity index is 5.96. The Labute approximate surface area is 182 Å². The SMILES string of the molecule is C=C/C(C)=C/C=C(\N)C(CCC)C/C(C)=C\C(=C(/C=C)C(C)(C)CCC)C(C)C. The van der Waals surface area contributed by atoms with Crippen LogP contribution in [0.25, 0.3) is 0 Å². The molecule has 1 atom stereocenters. The molecular weight excluding hydrogens is 350 g/mol. The molecule has 0 aromatic rings. The van der Waals surface area contributed by atoms with Crippen LogP contribution in [-0.4, -0.2) is 0 Å². The molecule has 1 heteroatoms. The van der Waals surface area contributed by atoms with Gasteiger partial charge in [-0.05, 0) is 61.7 Å². The molecule has 0 aromatic carbocycles. The number of rotatable bonds is 13. The highest BCUT2D eigenvalue weighted by molar-refractivity contribution is 5.39. The zero-order chi connectivity index (χ0) is 22.6. The lowest BCUT2D eigenvalue weighted by atomic mass is 9.75. The summed E-state index contributed by atoms with van der Waals surface area (Å²) < 4.78 is 0. The van der Waals surface area contributed by atoms with Gasteiger partial charge in [-0.2, -0.15) is 0 Å². The lowest BCUT2D eigenvalue weighted by molar-refractivity contribution is 0.406. The maximum absolute atomic E-state index is 6.47. The molecule has 0 amide bonds. The van der Waals surface area contributed by atoms with Crippen LogP contribution in [0.3, 0.4) is 0 Å². The predicted octanol–water partition coefficient (Wildman–Crippen LogP) is 8.68. The minimum Gasteiger partial charge on any atom is -0.402 e. The van der Waals surface area contributed by atoms with Gasteiger partial charge in [-0.3, -0.25) is 0 Å². The monoisotopic (exact) mass is 397 g/mol. The van der Waals surface area contributed by atoms with E-state index in [1.807, 2.05) is 13.0 Å². The molecule has 2 N–H and O–H groups in total. The van der Waals surface area contributed by atoms with Crippen molar-refractivity contribution in [3.8, 4) is 0 Å². The third-order valence-electron chi connectivity index (χ3n) is 5.68. The van der Waals surface area contributed by atoms with Gasteiger partial charge < -0.3 is 5.73 Å². The molecule has 0 rings (SSSR count). The summed E-state index contributed by atoms with van der Waals surface area (Å²) in [5.41, 5.74) is 12.9. The minimum atomic E-state index is 0.141. The van der Waals surface area contributed by atoms with Gasteiger partial charge in [-0.1, -0.05) is 103 Å². The molecule has 0 bridgehead atoms. The summed E-state index contributed by atoms with van der Waals surface area (Å²) in [5.74, 6) is 0.833. The summed E-state index contributed by atoms with van der Waals surface area (Å²) in [6, 6.07) is 0. The first-order valence-electron chi connectivity index (χ1n) is 11.3. The highest BCUT2D eigenvalue weighted by Crippen LogP contribution is 2.37. The Morgan fingerprint density at radius 1 is 1.00 bits per heavy atom. The molecular formula is C28H47N. The second kappa shape index (κ2) is 13.5. The van der Waals surface area contributed by atoms with Crippen molar-refractivity contribution in [2.75, 3.05) is 0 Å². The first kappa shape index (κ1) is 27.2. The zero-order valence-electron chi connectivity index (χ0n) is 20.6. The third kappa shape index (κ3) is 9.52. The summed E-state index contributed by atoms with van der Waals surface area (Å²) in [4.78, 5) is 0. The van der Waals surface area contributed by atoms with Crippen molar-refractivity contribution in [2.45, 2.75) is 87.5 Å². The summed E-state index contributed by atoms with van der Waals surface area (Å²) in [7, 11) is 0. The van der Waals surface area contributed by atoms with Gasteiger partial charge >= 0.3 is 0 Å². The standard InChI is InChI=1S/C28H47N/c1-11-15-24(27(29)17-16-22(7)13-3)19-23(8)20-25(21(5)6)26(14-4)28(9,10)18-12-2/h13-14,16-17,20-21,24H,3-4,11-12,15,18-19,29H2,1-2,5-10H3/b22-16+,23-20-,26-25-,27-17-. The van der Waals surface area contributed by atoms with E-state index in [2.05, 4.69) is 85.9 Å². The van der Waals surface area contributed by atoms with Gasteiger partial charge in [0.25, 0.3) is 0 Å². The van der Waals surface area contributed by atoms with E-state index >= 15 is 0 Å². The van der Waals surface area contributed by atoms with E-state index in [1.165, 1.54) is 29.6 Å². The second-order valence-corrected chi connectivity index (χ2v) is 9.32. The number of allylic oxidation sites excluding steroid dienone is 10. The predicted molar refractivity (Wildman–Crippen MR) is 134 cm³/mol. The number of hydrogen-bond acceptors (Lipinski definition) is 1. The molecule has 0 radical (unpaired) electrons. The van der Waals surface area contributed by atoms with Crippen LogP contribution < -0.4 is 5.73 Å². The fraction of sp³-hybridized carbons (Fsp3) is 0.571. The van der Waals surface area contributed by atoms with Crippen LogP contribution in [0.4, 0.5) is 0 Å². The molecule has 1 unspecified atom stereocenters. The van der Waals surface area contributed by atoms with E-state index in [4.69, 9.17) is 5.73 Å². The third-order valence-corrected chi connectivity index (χ3v) is 5.68. The fourth-order valence-electron chi connectivity index (χ4n) is 3.98. The van der Waals surface area contributed by atoms with Gasteiger partial charge in [0.2, 0.25) is 0 Å². The van der Waals surface area contributed by atoms with Crippen molar-refractivity contribution >= 4 is 0 Å². The Morgan fingerprint density at radius 3 is 2.07 bits per heavy atom. The molecule has 1 nitrogen and oxygen atoms in total. The van der Waals surface area contributed by atoms with Crippen molar-refractivity contribution in [2.24, 2.45) is 23.0 Å². The summed E-state index contributed by atoms with van der Waals surface area (Å²) >= 11 is 0. The van der Waals surface area contributed by atoms with Crippen molar-refractivity contribution in [3.63, 3.8) is 0 Å². The van der Waals surface area contributed by atoms with Gasteiger partial charge in [0, 0.05) is 11.6 Å². The van der Waals surface area contributed by atoms with Crippen LogP contribution in [0.5, 0.6) is 0 Å². The van der Waals surface area contributed by atoms with E-state index < -0.39 is 0 Å². The summed E-state index contributed by atoms with van der Waals surface area (Å²) in [6.07, 6.45) is 16.0. The smallest absolute Gasteiger partial charge is 0.0115 e. The molecule has 0 spiro atoms. The second-order valence-electron chi connectivity index (χ2n) is 9.32. The fourth-order valence-corrected chi connectivity index (χ4v) is 3.98. The van der Waals surface area contributed by atoms with Gasteiger partial charge in [0.1, 0.15) is 0 Å². The van der Waals surface area contributed by atoms with Crippen LogP contribution >= 0.6 is 0 Å². The molecule has 164 valence electrons. The maximum atomic E-state index is 6.47. The molecule has 29 heavy (non-hydrogen) atoms. The normalized spacial score (nSPS) is 16.0. The van der Waals surface area contributed by atoms with E-state index in [1.54, 1.807) is 0 Å². The van der Waals surface area contributed by atoms with Crippen molar-refractivity contribution in [1.82, 2.24) is 0 Å². The molecule has 0 fully saturated rings. The van der Waals surface area contributed by atoms with Gasteiger partial charge in [0.05, 0.1) is 0 Å². The zero-order valence-corrected chi connectivity index (χ0v) is 20.6. The van der Waals surface area contributed by atoms with Gasteiger partial charge in [-0.25, -0.2) is 0 Å². The minimum absolute atomic E-state index is 0.141. The van der Waals surface area contributed by atoms with Crippen LogP contribution in [0.1, 0.15) is 87.5 Å². The number of nitrogens with two attached hydrogens (primary N) is 1. The molecule has 0 aromatic heterocycles. The first-order chi connectivity index (χ1) is 13.5. The largest absolute Gasteiger partial charge is 0.402 e. The van der Waals surface area contributed by atoms with Crippen LogP contribution in [-0.2, 0) is 0 Å². The van der Waals surface area contributed by atoms with E-state index in [-0.39, 0.29) is 5.41 Å². The van der Waals surface area contributed by atoms with Crippen molar-refractivity contribution < 1.29 is 0 Å². The van der Waals surface area contributed by atoms with Crippen LogP contribution in [0.2, 0.25) is 0 Å². The average Bonchev–Trinajstić information content (AvgIpc) is 2.64. The Bertz CT molecular complexity index is 650. The van der Waals surface area contributed by atoms with Crippen molar-refractivity contribution in [1.29, 1.82) is 0 Å². The Hall–Kier alpha value is -1.76. The Morgan fingerprint density at radius 2 is 1.62 bits per heavy atom. The molecule has 0 saturated heterocycles. The lowest BCUT2D eigenvalue weighted by Crippen LogP contribution is -2.17. The first-order valence-corrected chi connectivity index (χ1v) is 11.3. The van der Waals surface area contributed by atoms with E-state index in [0.29, 0.717) is 11.8 Å². The van der Waals surface area contributed by atoms with Gasteiger partial charge in [0.15, 0.2) is 0 Å². The van der Waals surface area contributed by atoms with E-state index in [0.717, 1.165) is 30.5 Å². The van der Waals surface area contributed by atoms with Gasteiger partial charge in [-0.15, -0.1) is 0 Å². The Kier molecular flexibility index (Phi) is 12.6. The topological polar surface area (TPSA) is 26.0 Å². The highest BCUT2D eigenvalue weighted by Gasteiger charge is 2.24. The maximum Gasteiger partial charge on any atom is 0.0115 e. The van der Waals surface area contributed by atoms with Crippen molar-refractivity contribution in [3.05, 3.63) is 71.5 Å². The highest BCUT2D eigenvalue weighted by atomic mass is 14.6. The molecule has 0 aliphatic heterocycles. The summed E-state index contributed by atoms with van der Waals surface area (Å²) in [5, 5.41) is 0. The van der Waals surface area contributed by atoms with Crippen LogP contribution in [0.15, 0.2) is 71.5 Å². The van der Waals surface area contributed by atoms with Crippen LogP contribution in [0, 0.1) is 17.3 Å². The average molecular weight is 398 g/mol. The quantitative estimate of drug-likeness (QED) is 0.309. The van der Waals surface area contributed by atoms with E-state index in [9.17, 15) is 0 Å². The summed E-state index contributed by atoms with van der Waals surface area (Å²) in [6.45, 7) is 26.0. The molecule has 0 heterocycles.